The van der Waals surface area contributed by atoms with Gasteiger partial charge in [-0.05, 0) is 45.2 Å². The number of amidine groups is 1. The zero-order valence-electron chi connectivity index (χ0n) is 11.7. The first-order chi connectivity index (χ1) is 8.98. The number of likely N-dealkylation sites (N-methyl/N-ethyl adjacent to an activating group) is 1. The van der Waals surface area contributed by atoms with Crippen molar-refractivity contribution in [3.8, 4) is 0 Å². The molecule has 1 heterocycles. The summed E-state index contributed by atoms with van der Waals surface area (Å²) in [6.07, 6.45) is 3.42. The highest BCUT2D eigenvalue weighted by Crippen LogP contribution is 2.46. The molecule has 6 nitrogen and oxygen atoms in total. The lowest BCUT2D eigenvalue weighted by atomic mass is 9.61. The lowest BCUT2D eigenvalue weighted by Crippen LogP contribution is -2.59. The number of rotatable bonds is 3. The van der Waals surface area contributed by atoms with E-state index in [-0.39, 0.29) is 17.8 Å². The van der Waals surface area contributed by atoms with Crippen LogP contribution >= 0.6 is 0 Å². The predicted molar refractivity (Wildman–Crippen MR) is 72.9 cm³/mol. The second-order valence-electron chi connectivity index (χ2n) is 6.16. The quantitative estimate of drug-likeness (QED) is 0.298. The summed E-state index contributed by atoms with van der Waals surface area (Å²) >= 11 is 0. The average molecular weight is 268 g/mol. The zero-order valence-corrected chi connectivity index (χ0v) is 11.7. The van der Waals surface area contributed by atoms with Crippen LogP contribution in [0, 0.1) is 11.3 Å². The molecule has 19 heavy (non-hydrogen) atoms. The van der Waals surface area contributed by atoms with Crippen LogP contribution in [0.4, 0.5) is 0 Å². The maximum absolute atomic E-state index is 12.5. The van der Waals surface area contributed by atoms with Gasteiger partial charge < -0.3 is 21.2 Å². The maximum Gasteiger partial charge on any atom is 0.234 e. The van der Waals surface area contributed by atoms with Crippen molar-refractivity contribution in [2.45, 2.75) is 38.6 Å². The Balaban J connectivity index is 2.01. The third-order valence-electron chi connectivity index (χ3n) is 4.39. The van der Waals surface area contributed by atoms with Crippen molar-refractivity contribution in [1.29, 1.82) is 0 Å². The summed E-state index contributed by atoms with van der Waals surface area (Å²) in [4.78, 5) is 14.7. The zero-order chi connectivity index (χ0) is 14.0. The topological polar surface area (TPSA) is 91.0 Å². The number of oxime groups is 1. The minimum absolute atomic E-state index is 0.0484. The van der Waals surface area contributed by atoms with Crippen LogP contribution in [0.3, 0.4) is 0 Å². The second kappa shape index (κ2) is 5.36. The van der Waals surface area contributed by atoms with Crippen LogP contribution in [0.1, 0.15) is 32.6 Å². The van der Waals surface area contributed by atoms with Crippen LogP contribution in [0.2, 0.25) is 0 Å². The number of hydrogen-bond acceptors (Lipinski definition) is 4. The highest BCUT2D eigenvalue weighted by molar-refractivity contribution is 6.07. The molecule has 0 radical (unpaired) electrons. The van der Waals surface area contributed by atoms with Gasteiger partial charge in [-0.1, -0.05) is 12.1 Å². The van der Waals surface area contributed by atoms with E-state index in [0.717, 1.165) is 25.9 Å². The van der Waals surface area contributed by atoms with Crippen molar-refractivity contribution in [1.82, 2.24) is 10.2 Å². The average Bonchev–Trinajstić information content (AvgIpc) is 2.33. The van der Waals surface area contributed by atoms with Crippen LogP contribution in [-0.4, -0.2) is 48.0 Å². The summed E-state index contributed by atoms with van der Waals surface area (Å²) in [6.45, 7) is 4.02. The minimum atomic E-state index is -0.788. The molecule has 2 fully saturated rings. The van der Waals surface area contributed by atoms with Gasteiger partial charge in [-0.15, -0.1) is 0 Å². The van der Waals surface area contributed by atoms with Gasteiger partial charge in [0.2, 0.25) is 5.91 Å². The van der Waals surface area contributed by atoms with E-state index in [0.29, 0.717) is 18.8 Å². The van der Waals surface area contributed by atoms with E-state index in [1.165, 1.54) is 0 Å². The van der Waals surface area contributed by atoms with Gasteiger partial charge in [-0.3, -0.25) is 4.79 Å². The largest absolute Gasteiger partial charge is 0.409 e. The predicted octanol–water partition coefficient (Wildman–Crippen LogP) is 0.360. The van der Waals surface area contributed by atoms with E-state index in [1.807, 2.05) is 0 Å². The summed E-state index contributed by atoms with van der Waals surface area (Å²) < 4.78 is 0. The van der Waals surface area contributed by atoms with E-state index < -0.39 is 5.41 Å². The molecule has 2 rings (SSSR count). The normalized spacial score (nSPS) is 36.6. The fourth-order valence-electron chi connectivity index (χ4n) is 3.34. The molecule has 1 saturated carbocycles. The molecule has 1 aliphatic heterocycles. The highest BCUT2D eigenvalue weighted by Gasteiger charge is 2.52. The Morgan fingerprint density at radius 1 is 1.53 bits per heavy atom. The molecule has 0 aromatic rings. The van der Waals surface area contributed by atoms with Crippen LogP contribution < -0.4 is 11.1 Å². The Bertz CT molecular complexity index is 377. The Hall–Kier alpha value is -1.30. The first-order valence-corrected chi connectivity index (χ1v) is 6.95. The van der Waals surface area contributed by atoms with Gasteiger partial charge in [0, 0.05) is 12.6 Å². The first kappa shape index (κ1) is 14.1. The van der Waals surface area contributed by atoms with Gasteiger partial charge in [-0.2, -0.15) is 0 Å². The summed E-state index contributed by atoms with van der Waals surface area (Å²) in [7, 11) is 2.06. The van der Waals surface area contributed by atoms with Gasteiger partial charge in [0.25, 0.3) is 0 Å². The standard InChI is InChI=1S/C13H24N4O2/c1-9-6-13(7-9,11(14)16-19)12(18)15-10-4-3-5-17(2)8-10/h9-10,19H,3-8H2,1-2H3,(H2,14,16)(H,15,18). The lowest BCUT2D eigenvalue weighted by Gasteiger charge is -2.44. The molecule has 0 spiro atoms. The molecule has 0 aromatic heterocycles. The Kier molecular flexibility index (Phi) is 3.99. The molecule has 1 amide bonds. The molecule has 1 saturated heterocycles. The van der Waals surface area contributed by atoms with Crippen molar-refractivity contribution in [2.75, 3.05) is 20.1 Å². The van der Waals surface area contributed by atoms with Gasteiger partial charge in [-0.25, -0.2) is 0 Å². The molecular formula is C13H24N4O2. The molecule has 0 bridgehead atoms. The molecule has 6 heteroatoms. The number of nitrogens with zero attached hydrogens (tertiary/aromatic N) is 2. The molecule has 1 atom stereocenters. The van der Waals surface area contributed by atoms with E-state index in [1.54, 1.807) is 0 Å². The number of carbonyl (C=O) groups excluding carboxylic acids is 1. The number of nitrogens with one attached hydrogen (secondary N) is 1. The van der Waals surface area contributed by atoms with E-state index >= 15 is 0 Å². The van der Waals surface area contributed by atoms with Crippen molar-refractivity contribution >= 4 is 11.7 Å². The number of carbonyl (C=O) groups is 1. The smallest absolute Gasteiger partial charge is 0.234 e. The summed E-state index contributed by atoms with van der Waals surface area (Å²) in [6, 6.07) is 0.172. The lowest BCUT2D eigenvalue weighted by molar-refractivity contribution is -0.134. The Labute approximate surface area is 114 Å². The summed E-state index contributed by atoms with van der Waals surface area (Å²) in [5.41, 5.74) is 4.95. The number of nitrogens with two attached hydrogens (primary N) is 1. The molecule has 1 unspecified atom stereocenters. The van der Waals surface area contributed by atoms with Crippen LogP contribution in [0.25, 0.3) is 0 Å². The Morgan fingerprint density at radius 3 is 2.74 bits per heavy atom. The van der Waals surface area contributed by atoms with Crippen molar-refractivity contribution in [3.63, 3.8) is 0 Å². The fourth-order valence-corrected chi connectivity index (χ4v) is 3.34. The van der Waals surface area contributed by atoms with Gasteiger partial charge >= 0.3 is 0 Å². The second-order valence-corrected chi connectivity index (χ2v) is 6.16. The monoisotopic (exact) mass is 268 g/mol. The summed E-state index contributed by atoms with van der Waals surface area (Å²) in [5.74, 6) is 0.411. The van der Waals surface area contributed by atoms with Gasteiger partial charge in [0.05, 0.1) is 0 Å². The molecule has 0 aromatic carbocycles. The fraction of sp³-hybridized carbons (Fsp3) is 0.846. The number of amides is 1. The minimum Gasteiger partial charge on any atom is -0.409 e. The summed E-state index contributed by atoms with van der Waals surface area (Å²) in [5, 5.41) is 15.0. The molecule has 108 valence electrons. The number of hydrogen-bond donors (Lipinski definition) is 3. The third-order valence-corrected chi connectivity index (χ3v) is 4.39. The van der Waals surface area contributed by atoms with E-state index in [9.17, 15) is 4.79 Å². The van der Waals surface area contributed by atoms with Crippen molar-refractivity contribution < 1.29 is 10.0 Å². The van der Waals surface area contributed by atoms with Crippen LogP contribution in [0.5, 0.6) is 0 Å². The van der Waals surface area contributed by atoms with Crippen molar-refractivity contribution in [2.24, 2.45) is 22.2 Å². The van der Waals surface area contributed by atoms with E-state index in [4.69, 9.17) is 10.9 Å². The first-order valence-electron chi connectivity index (χ1n) is 6.95. The van der Waals surface area contributed by atoms with Crippen LogP contribution in [0.15, 0.2) is 5.16 Å². The molecular weight excluding hydrogens is 244 g/mol. The maximum atomic E-state index is 12.5. The number of piperidine rings is 1. The van der Waals surface area contributed by atoms with Gasteiger partial charge in [0.1, 0.15) is 5.41 Å². The SMILES string of the molecule is CC1CC(C(=O)NC2CCCN(C)C2)(C(N)=NO)C1. The molecule has 2 aliphatic rings. The van der Waals surface area contributed by atoms with Crippen molar-refractivity contribution in [3.05, 3.63) is 0 Å². The Morgan fingerprint density at radius 2 is 2.21 bits per heavy atom. The van der Waals surface area contributed by atoms with Gasteiger partial charge in [0.15, 0.2) is 5.84 Å². The molecule has 4 N–H and O–H groups in total. The third kappa shape index (κ3) is 2.68. The van der Waals surface area contributed by atoms with E-state index in [2.05, 4.69) is 29.3 Å². The van der Waals surface area contributed by atoms with Crippen LogP contribution in [-0.2, 0) is 4.79 Å². The highest BCUT2D eigenvalue weighted by atomic mass is 16.4. The molecule has 1 aliphatic carbocycles. The number of likely N-dealkylation sites (tertiary alicyclic amines) is 1.